The fourth-order valence-electron chi connectivity index (χ4n) is 1.58. The van der Waals surface area contributed by atoms with Gasteiger partial charge in [-0.1, -0.05) is 6.92 Å². The molecule has 0 saturated carbocycles. The van der Waals surface area contributed by atoms with Crippen LogP contribution in [-0.2, 0) is 6.42 Å². The minimum absolute atomic E-state index is 0.317. The molecule has 0 spiro atoms. The minimum atomic E-state index is -0.447. The molecule has 0 aliphatic carbocycles. The summed E-state index contributed by atoms with van der Waals surface area (Å²) in [6.45, 7) is 4.18. The number of hydrogen-bond donors (Lipinski definition) is 1. The third-order valence-corrected chi connectivity index (χ3v) is 3.45. The monoisotopic (exact) mass is 251 g/mol. The van der Waals surface area contributed by atoms with Crippen molar-refractivity contribution in [3.63, 3.8) is 0 Å². The number of aliphatic hydroxyl groups is 1. The number of benzene rings is 1. The topological polar surface area (TPSA) is 42.4 Å². The summed E-state index contributed by atoms with van der Waals surface area (Å²) in [5, 5.41) is 10.3. The number of fused-ring (bicyclic) bond motifs is 1. The molecule has 1 unspecified atom stereocenters. The van der Waals surface area contributed by atoms with Gasteiger partial charge >= 0.3 is 0 Å². The van der Waals surface area contributed by atoms with Crippen LogP contribution in [0.3, 0.4) is 0 Å². The molecular weight excluding hydrogens is 234 g/mol. The van der Waals surface area contributed by atoms with E-state index in [0.29, 0.717) is 6.61 Å². The predicted molar refractivity (Wildman–Crippen MR) is 70.8 cm³/mol. The molecule has 3 nitrogen and oxygen atoms in total. The van der Waals surface area contributed by atoms with Crippen molar-refractivity contribution in [2.24, 2.45) is 0 Å². The van der Waals surface area contributed by atoms with Crippen molar-refractivity contribution in [3.8, 4) is 5.75 Å². The highest BCUT2D eigenvalue weighted by Gasteiger charge is 2.05. The average Bonchev–Trinajstić information content (AvgIpc) is 2.68. The third-order valence-electron chi connectivity index (χ3n) is 2.36. The van der Waals surface area contributed by atoms with E-state index in [4.69, 9.17) is 9.84 Å². The van der Waals surface area contributed by atoms with Crippen LogP contribution in [0.4, 0.5) is 0 Å². The first-order chi connectivity index (χ1) is 8.19. The van der Waals surface area contributed by atoms with Gasteiger partial charge in [0, 0.05) is 6.07 Å². The summed E-state index contributed by atoms with van der Waals surface area (Å²) in [6, 6.07) is 5.90. The lowest BCUT2D eigenvalue weighted by Crippen LogP contribution is -2.12. The fraction of sp³-hybridized carbons (Fsp3) is 0.462. The molecule has 1 aromatic carbocycles. The Morgan fingerprint density at radius 1 is 1.47 bits per heavy atom. The van der Waals surface area contributed by atoms with E-state index in [1.54, 1.807) is 18.3 Å². The summed E-state index contributed by atoms with van der Waals surface area (Å²) in [6.07, 6.45) is 1.70. The van der Waals surface area contributed by atoms with Crippen molar-refractivity contribution in [2.75, 3.05) is 6.61 Å². The number of aromatic nitrogens is 1. The molecule has 17 heavy (non-hydrogen) atoms. The van der Waals surface area contributed by atoms with E-state index < -0.39 is 6.10 Å². The van der Waals surface area contributed by atoms with Crippen LogP contribution < -0.4 is 4.74 Å². The summed E-state index contributed by atoms with van der Waals surface area (Å²) in [7, 11) is 0. The van der Waals surface area contributed by atoms with Crippen molar-refractivity contribution >= 4 is 21.6 Å². The number of aliphatic hydroxyl groups excluding tert-OH is 1. The van der Waals surface area contributed by atoms with Gasteiger partial charge in [-0.2, -0.15) is 0 Å². The molecule has 0 aliphatic rings. The molecule has 0 aliphatic heterocycles. The lowest BCUT2D eigenvalue weighted by atomic mass is 10.3. The van der Waals surface area contributed by atoms with Crippen LogP contribution in [-0.4, -0.2) is 22.8 Å². The largest absolute Gasteiger partial charge is 0.491 e. The van der Waals surface area contributed by atoms with Gasteiger partial charge < -0.3 is 9.84 Å². The van der Waals surface area contributed by atoms with Crippen LogP contribution in [0.2, 0.25) is 0 Å². The van der Waals surface area contributed by atoms with Crippen LogP contribution >= 0.6 is 11.3 Å². The molecule has 2 rings (SSSR count). The van der Waals surface area contributed by atoms with E-state index in [9.17, 15) is 0 Å². The van der Waals surface area contributed by atoms with Gasteiger partial charge in [0.2, 0.25) is 0 Å². The average molecular weight is 251 g/mol. The van der Waals surface area contributed by atoms with Crippen LogP contribution in [0.1, 0.15) is 25.3 Å². The third kappa shape index (κ3) is 3.17. The molecule has 2 aromatic rings. The zero-order chi connectivity index (χ0) is 12.3. The van der Waals surface area contributed by atoms with Crippen molar-refractivity contribution in [1.29, 1.82) is 0 Å². The molecular formula is C13H17NO2S. The Morgan fingerprint density at radius 3 is 3.00 bits per heavy atom. The lowest BCUT2D eigenvalue weighted by molar-refractivity contribution is 0.123. The quantitative estimate of drug-likeness (QED) is 0.888. The normalized spacial score (nSPS) is 12.9. The highest BCUT2D eigenvalue weighted by molar-refractivity contribution is 7.18. The van der Waals surface area contributed by atoms with Gasteiger partial charge in [-0.05, 0) is 31.9 Å². The van der Waals surface area contributed by atoms with Crippen molar-refractivity contribution < 1.29 is 9.84 Å². The van der Waals surface area contributed by atoms with Gasteiger partial charge in [-0.25, -0.2) is 4.98 Å². The number of nitrogens with zero attached hydrogens (tertiary/aromatic N) is 1. The first kappa shape index (κ1) is 12.3. The second-order valence-electron chi connectivity index (χ2n) is 4.15. The first-order valence-electron chi connectivity index (χ1n) is 5.89. The van der Waals surface area contributed by atoms with Gasteiger partial charge in [0.1, 0.15) is 12.4 Å². The van der Waals surface area contributed by atoms with E-state index in [1.807, 2.05) is 18.2 Å². The van der Waals surface area contributed by atoms with E-state index >= 15 is 0 Å². The number of aryl methyl sites for hydroxylation is 1. The van der Waals surface area contributed by atoms with Crippen LogP contribution in [0.5, 0.6) is 5.75 Å². The molecule has 4 heteroatoms. The van der Waals surface area contributed by atoms with Crippen LogP contribution in [0.25, 0.3) is 10.2 Å². The summed E-state index contributed by atoms with van der Waals surface area (Å²) in [5.41, 5.74) is 0.988. The fourth-order valence-corrected chi connectivity index (χ4v) is 2.63. The molecule has 0 saturated heterocycles. The molecule has 1 aromatic heterocycles. The minimum Gasteiger partial charge on any atom is -0.491 e. The molecule has 0 amide bonds. The van der Waals surface area contributed by atoms with Crippen LogP contribution in [0, 0.1) is 0 Å². The Bertz CT molecular complexity index is 493. The Balaban J connectivity index is 2.18. The van der Waals surface area contributed by atoms with Crippen molar-refractivity contribution in [1.82, 2.24) is 4.98 Å². The number of rotatable bonds is 5. The zero-order valence-corrected chi connectivity index (χ0v) is 11.0. The molecule has 1 heterocycles. The van der Waals surface area contributed by atoms with E-state index in [2.05, 4.69) is 11.9 Å². The predicted octanol–water partition coefficient (Wildman–Crippen LogP) is 3.01. The smallest absolute Gasteiger partial charge is 0.121 e. The summed E-state index contributed by atoms with van der Waals surface area (Å²) in [4.78, 5) is 4.57. The zero-order valence-electron chi connectivity index (χ0n) is 10.1. The SMILES string of the molecule is CCCc1nc2cc(OCC(C)O)ccc2s1. The number of hydrogen-bond acceptors (Lipinski definition) is 4. The summed E-state index contributed by atoms with van der Waals surface area (Å²) >= 11 is 1.74. The molecule has 0 radical (unpaired) electrons. The standard InChI is InChI=1S/C13H17NO2S/c1-3-4-13-14-11-7-10(16-8-9(2)15)5-6-12(11)17-13/h5-7,9,15H,3-4,8H2,1-2H3. The number of thiazole rings is 1. The molecule has 1 N–H and O–H groups in total. The van der Waals surface area contributed by atoms with Crippen molar-refractivity contribution in [2.45, 2.75) is 32.8 Å². The second kappa shape index (κ2) is 5.47. The van der Waals surface area contributed by atoms with E-state index in [0.717, 1.165) is 24.1 Å². The molecule has 1 atom stereocenters. The van der Waals surface area contributed by atoms with Gasteiger partial charge in [-0.15, -0.1) is 11.3 Å². The maximum Gasteiger partial charge on any atom is 0.121 e. The lowest BCUT2D eigenvalue weighted by Gasteiger charge is -2.07. The van der Waals surface area contributed by atoms with Crippen molar-refractivity contribution in [3.05, 3.63) is 23.2 Å². The Kier molecular flexibility index (Phi) is 3.97. The highest BCUT2D eigenvalue weighted by atomic mass is 32.1. The van der Waals surface area contributed by atoms with Gasteiger partial charge in [0.25, 0.3) is 0 Å². The Labute approximate surface area is 105 Å². The summed E-state index contributed by atoms with van der Waals surface area (Å²) < 4.78 is 6.65. The maximum absolute atomic E-state index is 9.16. The van der Waals surface area contributed by atoms with Gasteiger partial charge in [0.15, 0.2) is 0 Å². The van der Waals surface area contributed by atoms with E-state index in [-0.39, 0.29) is 0 Å². The highest BCUT2D eigenvalue weighted by Crippen LogP contribution is 2.26. The summed E-state index contributed by atoms with van der Waals surface area (Å²) in [5.74, 6) is 0.770. The molecule has 92 valence electrons. The second-order valence-corrected chi connectivity index (χ2v) is 5.26. The van der Waals surface area contributed by atoms with Gasteiger partial charge in [0.05, 0.1) is 21.3 Å². The van der Waals surface area contributed by atoms with E-state index in [1.165, 1.54) is 9.71 Å². The molecule has 0 bridgehead atoms. The first-order valence-corrected chi connectivity index (χ1v) is 6.71. The Morgan fingerprint density at radius 2 is 2.29 bits per heavy atom. The molecule has 0 fully saturated rings. The maximum atomic E-state index is 9.16. The van der Waals surface area contributed by atoms with Gasteiger partial charge in [-0.3, -0.25) is 0 Å². The number of ether oxygens (including phenoxy) is 1. The van der Waals surface area contributed by atoms with Crippen LogP contribution in [0.15, 0.2) is 18.2 Å². The Hall–Kier alpha value is -1.13.